The third kappa shape index (κ3) is 5.55. The Morgan fingerprint density at radius 1 is 1.19 bits per heavy atom. The number of likely N-dealkylation sites (tertiary alicyclic amines) is 1. The van der Waals surface area contributed by atoms with Crippen LogP contribution in [0.25, 0.3) is 27.6 Å². The summed E-state index contributed by atoms with van der Waals surface area (Å²) in [6.07, 6.45) is -0.634. The summed E-state index contributed by atoms with van der Waals surface area (Å²) in [6.45, 7) is 9.70. The second kappa shape index (κ2) is 9.48. The number of aliphatic hydroxyl groups is 1. The Balaban J connectivity index is 1.47. The predicted octanol–water partition coefficient (Wildman–Crippen LogP) is 4.91. The number of fused-ring (bicyclic) bond motifs is 1. The van der Waals surface area contributed by atoms with Crippen LogP contribution < -0.4 is 0 Å². The van der Waals surface area contributed by atoms with Crippen molar-refractivity contribution in [2.24, 2.45) is 0 Å². The Kier molecular flexibility index (Phi) is 6.61. The summed E-state index contributed by atoms with van der Waals surface area (Å²) in [5.41, 5.74) is 2.71. The fourth-order valence-corrected chi connectivity index (χ4v) is 6.42. The molecule has 5 heterocycles. The minimum Gasteiger partial charge on any atom is -0.389 e. The van der Waals surface area contributed by atoms with Crippen LogP contribution >= 0.6 is 11.3 Å². The first-order valence-corrected chi connectivity index (χ1v) is 13.1. The van der Waals surface area contributed by atoms with Gasteiger partial charge in [-0.25, -0.2) is 14.5 Å². The van der Waals surface area contributed by atoms with Gasteiger partial charge >= 0.3 is 6.18 Å². The number of aromatic amines is 1. The summed E-state index contributed by atoms with van der Waals surface area (Å²) in [5.74, 6) is 0.283. The lowest BCUT2D eigenvalue weighted by atomic mass is 9.93. The molecule has 0 spiro atoms. The third-order valence-corrected chi connectivity index (χ3v) is 8.02. The number of rotatable bonds is 6. The van der Waals surface area contributed by atoms with Gasteiger partial charge in [0.05, 0.1) is 23.4 Å². The van der Waals surface area contributed by atoms with E-state index in [-0.39, 0.29) is 17.2 Å². The number of nitrogens with one attached hydrogen (secondary N) is 1. The molecule has 0 amide bonds. The highest BCUT2D eigenvalue weighted by molar-refractivity contribution is 7.15. The number of thiazole rings is 1. The monoisotopic (exact) mass is 533 g/mol. The molecular formula is C25H30F3N7OS. The molecule has 12 heteroatoms. The van der Waals surface area contributed by atoms with Gasteiger partial charge in [0.1, 0.15) is 17.0 Å². The molecule has 4 aromatic heterocycles. The van der Waals surface area contributed by atoms with Gasteiger partial charge in [0, 0.05) is 28.7 Å². The van der Waals surface area contributed by atoms with Crippen molar-refractivity contribution in [1.29, 1.82) is 0 Å². The van der Waals surface area contributed by atoms with Crippen molar-refractivity contribution >= 4 is 17.0 Å². The van der Waals surface area contributed by atoms with Crippen LogP contribution in [-0.4, -0.2) is 71.2 Å². The topological polar surface area (TPSA) is 95.2 Å². The third-order valence-electron chi connectivity index (χ3n) is 6.70. The number of aryl methyl sites for hydroxylation is 2. The Bertz CT molecular complexity index is 1410. The van der Waals surface area contributed by atoms with Crippen LogP contribution in [0.4, 0.5) is 13.2 Å². The van der Waals surface area contributed by atoms with Crippen LogP contribution in [0.3, 0.4) is 0 Å². The van der Waals surface area contributed by atoms with Crippen LogP contribution in [0.5, 0.6) is 0 Å². The molecule has 1 aliphatic rings. The first kappa shape index (κ1) is 25.8. The van der Waals surface area contributed by atoms with Crippen molar-refractivity contribution < 1.29 is 18.3 Å². The number of H-pyrrole nitrogens is 1. The average molecular weight is 534 g/mol. The minimum absolute atomic E-state index is 0.0756. The van der Waals surface area contributed by atoms with Gasteiger partial charge in [-0.3, -0.25) is 5.10 Å². The number of piperidine rings is 1. The first-order valence-electron chi connectivity index (χ1n) is 12.2. The van der Waals surface area contributed by atoms with E-state index in [0.29, 0.717) is 28.5 Å². The van der Waals surface area contributed by atoms with E-state index in [0.717, 1.165) is 42.1 Å². The number of halogens is 3. The van der Waals surface area contributed by atoms with Crippen LogP contribution in [-0.2, 0) is 6.42 Å². The molecule has 0 saturated carbocycles. The second-order valence-electron chi connectivity index (χ2n) is 10.5. The summed E-state index contributed by atoms with van der Waals surface area (Å²) >= 11 is 1.43. The van der Waals surface area contributed by atoms with Crippen LogP contribution in [0.2, 0.25) is 0 Å². The molecule has 0 bridgehead atoms. The summed E-state index contributed by atoms with van der Waals surface area (Å²) in [5, 5.41) is 22.0. The number of alkyl halides is 3. The molecule has 0 aromatic carbocycles. The smallest absolute Gasteiger partial charge is 0.389 e. The summed E-state index contributed by atoms with van der Waals surface area (Å²) in [7, 11) is 0. The van der Waals surface area contributed by atoms with Crippen molar-refractivity contribution in [1.82, 2.24) is 34.7 Å². The maximum absolute atomic E-state index is 13.7. The van der Waals surface area contributed by atoms with E-state index in [4.69, 9.17) is 0 Å². The maximum atomic E-state index is 13.7. The van der Waals surface area contributed by atoms with Gasteiger partial charge in [-0.2, -0.15) is 23.4 Å². The zero-order chi connectivity index (χ0) is 26.5. The highest BCUT2D eigenvalue weighted by Crippen LogP contribution is 2.41. The molecule has 1 fully saturated rings. The SMILES string of the molecule is Cc1nc(-c2n[nH]c(-c3cc(C)c4ncnn4c3)c2CC(F)(F)F)sc1C1CCN(CC(C)(C)O)CC1. The van der Waals surface area contributed by atoms with E-state index in [1.165, 1.54) is 17.7 Å². The Hall–Kier alpha value is -2.83. The van der Waals surface area contributed by atoms with E-state index < -0.39 is 18.2 Å². The van der Waals surface area contributed by atoms with Gasteiger partial charge in [-0.05, 0) is 71.2 Å². The lowest BCUT2D eigenvalue weighted by Crippen LogP contribution is -2.42. The number of aromatic nitrogens is 6. The molecule has 198 valence electrons. The van der Waals surface area contributed by atoms with Crippen LogP contribution in [0.1, 0.15) is 54.3 Å². The molecule has 0 aliphatic carbocycles. The first-order chi connectivity index (χ1) is 17.4. The van der Waals surface area contributed by atoms with Gasteiger partial charge in [-0.15, -0.1) is 11.3 Å². The largest absolute Gasteiger partial charge is 0.393 e. The van der Waals surface area contributed by atoms with Crippen LogP contribution in [0, 0.1) is 13.8 Å². The van der Waals surface area contributed by atoms with Crippen molar-refractivity contribution in [3.05, 3.63) is 40.3 Å². The molecule has 1 aliphatic heterocycles. The zero-order valence-corrected chi connectivity index (χ0v) is 22.0. The zero-order valence-electron chi connectivity index (χ0n) is 21.2. The number of hydrogen-bond acceptors (Lipinski definition) is 7. The molecule has 2 N–H and O–H groups in total. The summed E-state index contributed by atoms with van der Waals surface area (Å²) < 4.78 is 42.7. The molecule has 0 atom stereocenters. The van der Waals surface area contributed by atoms with Gasteiger partial charge in [0.2, 0.25) is 0 Å². The standard InChI is InChI=1S/C25H30F3N7OS/c1-14-9-17(11-35-22(14)29-13-30-35)19-18(10-25(26,27)28)20(33-32-19)23-31-15(2)21(37-23)16-5-7-34(8-6-16)12-24(3,4)36/h9,11,13,16,36H,5-8,10,12H2,1-4H3,(H,32,33). The average Bonchev–Trinajstić information content (AvgIpc) is 3.50. The number of β-amino-alcohol motifs (C(OH)–C–C–N with tert-alkyl or cyclic N) is 1. The van der Waals surface area contributed by atoms with E-state index in [2.05, 4.69) is 30.2 Å². The Labute approximate surface area is 216 Å². The van der Waals surface area contributed by atoms with Crippen molar-refractivity contribution in [3.63, 3.8) is 0 Å². The van der Waals surface area contributed by atoms with Crippen molar-refractivity contribution in [2.75, 3.05) is 19.6 Å². The Morgan fingerprint density at radius 3 is 2.59 bits per heavy atom. The lowest BCUT2D eigenvalue weighted by Gasteiger charge is -2.35. The minimum atomic E-state index is -4.41. The van der Waals surface area contributed by atoms with E-state index in [1.54, 1.807) is 30.6 Å². The molecule has 0 unspecified atom stereocenters. The molecule has 0 radical (unpaired) electrons. The van der Waals surface area contributed by atoms with E-state index >= 15 is 0 Å². The fourth-order valence-electron chi connectivity index (χ4n) is 5.17. The molecule has 4 aromatic rings. The van der Waals surface area contributed by atoms with Gasteiger partial charge in [-0.1, -0.05) is 0 Å². The summed E-state index contributed by atoms with van der Waals surface area (Å²) in [4.78, 5) is 12.2. The molecule has 37 heavy (non-hydrogen) atoms. The van der Waals surface area contributed by atoms with E-state index in [9.17, 15) is 18.3 Å². The number of hydrogen-bond donors (Lipinski definition) is 2. The molecule has 8 nitrogen and oxygen atoms in total. The lowest BCUT2D eigenvalue weighted by molar-refractivity contribution is -0.127. The molecule has 1 saturated heterocycles. The van der Waals surface area contributed by atoms with Crippen molar-refractivity contribution in [2.45, 2.75) is 64.7 Å². The fraction of sp³-hybridized carbons (Fsp3) is 0.520. The maximum Gasteiger partial charge on any atom is 0.393 e. The quantitative estimate of drug-likeness (QED) is 0.366. The van der Waals surface area contributed by atoms with Gasteiger partial charge < -0.3 is 10.0 Å². The normalized spacial score (nSPS) is 16.2. The molecular weight excluding hydrogens is 503 g/mol. The van der Waals surface area contributed by atoms with Gasteiger partial charge in [0.25, 0.3) is 0 Å². The van der Waals surface area contributed by atoms with Gasteiger partial charge in [0.15, 0.2) is 5.65 Å². The van der Waals surface area contributed by atoms with Crippen molar-refractivity contribution in [3.8, 4) is 22.0 Å². The highest BCUT2D eigenvalue weighted by Gasteiger charge is 2.34. The summed E-state index contributed by atoms with van der Waals surface area (Å²) in [6, 6.07) is 1.79. The second-order valence-corrected chi connectivity index (χ2v) is 11.5. The van der Waals surface area contributed by atoms with Crippen LogP contribution in [0.15, 0.2) is 18.6 Å². The Morgan fingerprint density at radius 2 is 1.92 bits per heavy atom. The van der Waals surface area contributed by atoms with E-state index in [1.807, 2.05) is 13.8 Å². The highest BCUT2D eigenvalue weighted by atomic mass is 32.1. The predicted molar refractivity (Wildman–Crippen MR) is 136 cm³/mol. The number of nitrogens with zero attached hydrogens (tertiary/aromatic N) is 6. The number of pyridine rings is 1. The molecule has 5 rings (SSSR count).